The molecule has 3 rings (SSSR count). The summed E-state index contributed by atoms with van der Waals surface area (Å²) in [4.78, 5) is 4.71. The minimum absolute atomic E-state index is 0.336. The van der Waals surface area contributed by atoms with Crippen LogP contribution in [0, 0.1) is 0 Å². The maximum Gasteiger partial charge on any atom is 0.112 e. The first-order chi connectivity index (χ1) is 8.15. The van der Waals surface area contributed by atoms with Crippen LogP contribution in [0.1, 0.15) is 31.0 Å². The van der Waals surface area contributed by atoms with E-state index in [2.05, 4.69) is 11.6 Å². The summed E-state index contributed by atoms with van der Waals surface area (Å²) in [7, 11) is 2.07. The van der Waals surface area contributed by atoms with Gasteiger partial charge in [-0.2, -0.15) is 0 Å². The van der Waals surface area contributed by atoms with E-state index in [1.165, 1.54) is 0 Å². The predicted octanol–water partition coefficient (Wildman–Crippen LogP) is 2.82. The Bertz CT molecular complexity index is 561. The zero-order valence-corrected chi connectivity index (χ0v) is 10.6. The second kappa shape index (κ2) is 4.00. The molecular weight excluding hydrogens is 234 g/mol. The second-order valence-corrected chi connectivity index (χ2v) is 5.37. The Balaban J connectivity index is 2.08. The molecule has 4 heteroatoms. The first kappa shape index (κ1) is 11.1. The van der Waals surface area contributed by atoms with Gasteiger partial charge in [-0.3, -0.25) is 0 Å². The number of hydrogen-bond donors (Lipinski definition) is 1. The molecule has 1 aliphatic carbocycles. The molecule has 0 spiro atoms. The quantitative estimate of drug-likeness (QED) is 0.845. The third kappa shape index (κ3) is 1.83. The van der Waals surface area contributed by atoms with Crippen molar-refractivity contribution < 1.29 is 0 Å². The molecule has 1 aromatic heterocycles. The van der Waals surface area contributed by atoms with Crippen LogP contribution >= 0.6 is 11.6 Å². The predicted molar refractivity (Wildman–Crippen MR) is 70.3 cm³/mol. The van der Waals surface area contributed by atoms with Crippen molar-refractivity contribution in [2.75, 3.05) is 0 Å². The minimum atomic E-state index is 0.336. The monoisotopic (exact) mass is 249 g/mol. The van der Waals surface area contributed by atoms with Gasteiger partial charge in [-0.1, -0.05) is 11.6 Å². The van der Waals surface area contributed by atoms with Crippen LogP contribution in [0.4, 0.5) is 0 Å². The Labute approximate surface area is 106 Å². The van der Waals surface area contributed by atoms with E-state index in [0.29, 0.717) is 12.0 Å². The van der Waals surface area contributed by atoms with E-state index in [9.17, 15) is 0 Å². The van der Waals surface area contributed by atoms with Crippen molar-refractivity contribution in [1.29, 1.82) is 0 Å². The van der Waals surface area contributed by atoms with Crippen LogP contribution in [0.15, 0.2) is 18.2 Å². The molecule has 90 valence electrons. The zero-order chi connectivity index (χ0) is 12.0. The maximum absolute atomic E-state index is 5.99. The summed E-state index contributed by atoms with van der Waals surface area (Å²) in [5.41, 5.74) is 8.10. The van der Waals surface area contributed by atoms with Crippen LogP contribution in [0.5, 0.6) is 0 Å². The van der Waals surface area contributed by atoms with Crippen molar-refractivity contribution in [1.82, 2.24) is 9.55 Å². The lowest BCUT2D eigenvalue weighted by molar-refractivity contribution is 0.621. The molecule has 1 heterocycles. The van der Waals surface area contributed by atoms with E-state index >= 15 is 0 Å². The van der Waals surface area contributed by atoms with Gasteiger partial charge in [-0.15, -0.1) is 0 Å². The van der Waals surface area contributed by atoms with E-state index in [4.69, 9.17) is 22.3 Å². The van der Waals surface area contributed by atoms with Gasteiger partial charge >= 0.3 is 0 Å². The number of halogens is 1. The lowest BCUT2D eigenvalue weighted by atomic mass is 10.1. The van der Waals surface area contributed by atoms with E-state index in [-0.39, 0.29) is 0 Å². The van der Waals surface area contributed by atoms with Crippen LogP contribution in [-0.2, 0) is 7.05 Å². The Morgan fingerprint density at radius 2 is 2.24 bits per heavy atom. The smallest absolute Gasteiger partial charge is 0.112 e. The average Bonchev–Trinajstić information content (AvgIpc) is 2.83. The van der Waals surface area contributed by atoms with Gasteiger partial charge in [-0.25, -0.2) is 4.98 Å². The summed E-state index contributed by atoms with van der Waals surface area (Å²) < 4.78 is 2.17. The van der Waals surface area contributed by atoms with Gasteiger partial charge in [0.25, 0.3) is 0 Å². The summed E-state index contributed by atoms with van der Waals surface area (Å²) >= 11 is 5.99. The molecule has 1 saturated carbocycles. The highest BCUT2D eigenvalue weighted by atomic mass is 35.5. The number of aryl methyl sites for hydroxylation is 1. The van der Waals surface area contributed by atoms with Crippen LogP contribution in [0.25, 0.3) is 11.0 Å². The highest BCUT2D eigenvalue weighted by Crippen LogP contribution is 2.34. The van der Waals surface area contributed by atoms with E-state index in [1.807, 2.05) is 18.2 Å². The number of rotatable bonds is 1. The van der Waals surface area contributed by atoms with Gasteiger partial charge in [-0.05, 0) is 37.5 Å². The van der Waals surface area contributed by atoms with Crippen LogP contribution < -0.4 is 5.73 Å². The zero-order valence-electron chi connectivity index (χ0n) is 9.86. The number of fused-ring (bicyclic) bond motifs is 1. The standard InChI is InChI=1S/C13H16ClN3/c1-17-12-5-3-9(14)7-11(12)16-13(17)8-2-4-10(15)6-8/h3,5,7-8,10H,2,4,6,15H2,1H3/t8-,10+/m1/s1. The third-order valence-electron chi connectivity index (χ3n) is 3.72. The molecule has 17 heavy (non-hydrogen) atoms. The molecule has 0 aliphatic heterocycles. The minimum Gasteiger partial charge on any atom is -0.331 e. The summed E-state index contributed by atoms with van der Waals surface area (Å²) in [5.74, 6) is 1.65. The highest BCUT2D eigenvalue weighted by Gasteiger charge is 2.27. The fourth-order valence-corrected chi connectivity index (χ4v) is 2.97. The highest BCUT2D eigenvalue weighted by molar-refractivity contribution is 6.31. The summed E-state index contributed by atoms with van der Waals surface area (Å²) in [6.07, 6.45) is 3.30. The van der Waals surface area contributed by atoms with Crippen molar-refractivity contribution in [3.8, 4) is 0 Å². The molecule has 0 saturated heterocycles. The fourth-order valence-electron chi connectivity index (χ4n) is 2.81. The maximum atomic E-state index is 5.99. The fraction of sp³-hybridized carbons (Fsp3) is 0.462. The van der Waals surface area contributed by atoms with Crippen molar-refractivity contribution in [2.45, 2.75) is 31.2 Å². The van der Waals surface area contributed by atoms with Gasteiger partial charge < -0.3 is 10.3 Å². The molecule has 0 amide bonds. The number of imidazole rings is 1. The van der Waals surface area contributed by atoms with E-state index < -0.39 is 0 Å². The van der Waals surface area contributed by atoms with Gasteiger partial charge in [0, 0.05) is 24.0 Å². The Hall–Kier alpha value is -1.06. The first-order valence-electron chi connectivity index (χ1n) is 6.02. The molecule has 3 nitrogen and oxygen atoms in total. The molecule has 1 aliphatic rings. The van der Waals surface area contributed by atoms with E-state index in [1.54, 1.807) is 0 Å². The second-order valence-electron chi connectivity index (χ2n) is 4.93. The van der Waals surface area contributed by atoms with Crippen molar-refractivity contribution in [2.24, 2.45) is 12.8 Å². The number of nitrogens with two attached hydrogens (primary N) is 1. The molecule has 1 aromatic carbocycles. The number of benzene rings is 1. The summed E-state index contributed by atoms with van der Waals surface area (Å²) in [6, 6.07) is 6.21. The molecule has 2 aromatic rings. The lowest BCUT2D eigenvalue weighted by Crippen LogP contribution is -2.15. The number of hydrogen-bond acceptors (Lipinski definition) is 2. The van der Waals surface area contributed by atoms with Gasteiger partial charge in [0.1, 0.15) is 5.82 Å². The van der Waals surface area contributed by atoms with Crippen LogP contribution in [-0.4, -0.2) is 15.6 Å². The molecular formula is C13H16ClN3. The topological polar surface area (TPSA) is 43.8 Å². The summed E-state index contributed by atoms with van der Waals surface area (Å²) in [6.45, 7) is 0. The van der Waals surface area contributed by atoms with Crippen LogP contribution in [0.2, 0.25) is 5.02 Å². The van der Waals surface area contributed by atoms with Crippen molar-refractivity contribution in [3.63, 3.8) is 0 Å². The molecule has 0 bridgehead atoms. The normalized spacial score (nSPS) is 24.6. The van der Waals surface area contributed by atoms with Gasteiger partial charge in [0.2, 0.25) is 0 Å². The lowest BCUT2D eigenvalue weighted by Gasteiger charge is -2.09. The van der Waals surface area contributed by atoms with Crippen LogP contribution in [0.3, 0.4) is 0 Å². The number of aromatic nitrogens is 2. The Morgan fingerprint density at radius 1 is 1.41 bits per heavy atom. The van der Waals surface area contributed by atoms with Gasteiger partial charge in [0.05, 0.1) is 11.0 Å². The molecule has 1 fully saturated rings. The largest absolute Gasteiger partial charge is 0.331 e. The van der Waals surface area contributed by atoms with Crippen molar-refractivity contribution in [3.05, 3.63) is 29.0 Å². The molecule has 0 radical (unpaired) electrons. The van der Waals surface area contributed by atoms with Crippen molar-refractivity contribution >= 4 is 22.6 Å². The molecule has 0 unspecified atom stereocenters. The Kier molecular flexibility index (Phi) is 2.60. The Morgan fingerprint density at radius 3 is 2.94 bits per heavy atom. The summed E-state index contributed by atoms with van der Waals surface area (Å²) in [5, 5.41) is 0.741. The third-order valence-corrected chi connectivity index (χ3v) is 3.95. The molecule has 2 N–H and O–H groups in total. The van der Waals surface area contributed by atoms with E-state index in [0.717, 1.165) is 41.1 Å². The SMILES string of the molecule is Cn1c([C@@H]2CC[C@H](N)C2)nc2cc(Cl)ccc21. The molecule has 2 atom stereocenters. The number of nitrogens with zero attached hydrogens (tertiary/aromatic N) is 2. The van der Waals surface area contributed by atoms with Gasteiger partial charge in [0.15, 0.2) is 0 Å². The first-order valence-corrected chi connectivity index (χ1v) is 6.40. The average molecular weight is 250 g/mol.